The van der Waals surface area contributed by atoms with E-state index >= 15 is 0 Å². The molecule has 0 unspecified atom stereocenters. The van der Waals surface area contributed by atoms with Crippen LogP contribution in [0.3, 0.4) is 0 Å². The molecule has 7 nitrogen and oxygen atoms in total. The number of nitrogens with zero attached hydrogens (tertiary/aromatic N) is 1. The molecule has 45 heavy (non-hydrogen) atoms. The SMILES string of the molecule is COc1cccc([OH+]C)c1-c1ccccc1P(C1CCCCC1)C1CCCCC1.O=S(=O)([N-]S(=O)(=O)C(F)(F)F)C(F)(F)F.[Au+]. The number of hydrogen-bond donors (Lipinski definition) is 0. The fourth-order valence-electron chi connectivity index (χ4n) is 5.68. The van der Waals surface area contributed by atoms with Gasteiger partial charge in [-0.3, -0.25) is 0 Å². The van der Waals surface area contributed by atoms with Gasteiger partial charge in [0.2, 0.25) is 0 Å². The first kappa shape index (κ1) is 39.8. The Bertz CT molecular complexity index is 1380. The number of ether oxygens (including phenoxy) is 2. The summed E-state index contributed by atoms with van der Waals surface area (Å²) in [5.41, 5.74) is -8.07. The predicted molar refractivity (Wildman–Crippen MR) is 160 cm³/mol. The Balaban J connectivity index is 0.000000378. The number of hydrogen-bond acceptors (Lipinski definition) is 5. The van der Waals surface area contributed by atoms with Crippen molar-refractivity contribution in [3.63, 3.8) is 0 Å². The summed E-state index contributed by atoms with van der Waals surface area (Å²) in [6.07, 6.45) is 14.2. The van der Waals surface area contributed by atoms with Crippen molar-refractivity contribution in [1.29, 1.82) is 0 Å². The Kier molecular flexibility index (Phi) is 14.7. The number of halogens is 6. The van der Waals surface area contributed by atoms with Crippen molar-refractivity contribution in [2.45, 2.75) is 86.5 Å². The fraction of sp³-hybridized carbons (Fsp3) is 0.571. The van der Waals surface area contributed by atoms with Crippen molar-refractivity contribution in [3.05, 3.63) is 46.6 Å². The molecule has 2 aliphatic rings. The largest absolute Gasteiger partial charge is 1.00 e. The molecule has 17 heteroatoms. The third-order valence-electron chi connectivity index (χ3n) is 7.63. The molecule has 0 bridgehead atoms. The average Bonchev–Trinajstić information content (AvgIpc) is 2.97. The van der Waals surface area contributed by atoms with E-state index < -0.39 is 31.1 Å². The molecule has 0 saturated heterocycles. The van der Waals surface area contributed by atoms with Crippen LogP contribution in [0, 0.1) is 0 Å². The van der Waals surface area contributed by atoms with Gasteiger partial charge in [-0.05, 0) is 54.4 Å². The first-order valence-electron chi connectivity index (χ1n) is 14.1. The quantitative estimate of drug-likeness (QED) is 0.116. The van der Waals surface area contributed by atoms with Gasteiger partial charge in [0.15, 0.2) is 27.2 Å². The van der Waals surface area contributed by atoms with Gasteiger partial charge < -0.3 is 13.6 Å². The number of sulfonamides is 2. The summed E-state index contributed by atoms with van der Waals surface area (Å²) in [6.45, 7) is 0. The first-order valence-corrected chi connectivity index (χ1v) is 18.4. The van der Waals surface area contributed by atoms with E-state index in [4.69, 9.17) is 4.74 Å². The zero-order valence-corrected chi connectivity index (χ0v) is 29.2. The van der Waals surface area contributed by atoms with E-state index in [-0.39, 0.29) is 30.3 Å². The molecule has 258 valence electrons. The molecule has 0 heterocycles. The summed E-state index contributed by atoms with van der Waals surface area (Å²) in [4.78, 5) is 0. The van der Waals surface area contributed by atoms with Crippen molar-refractivity contribution >= 4 is 33.3 Å². The van der Waals surface area contributed by atoms with Gasteiger partial charge in [-0.15, -0.1) is 0 Å². The second kappa shape index (κ2) is 16.7. The number of benzene rings is 2. The standard InChI is InChI=1S/C26H35O2P.C2F6NO4S2.Au/c1-27-23-17-11-18-24(28-2)26(23)22-16-9-10-19-25(22)29(20-12-5-3-6-13-20)21-14-7-4-8-15-21;3-1(4,5)14(10,11)9-15(12,13)2(6,7)8;/h9-11,16-21H,3-8,12-15H2,1-2H3;;/q;-1;+1/p+1. The van der Waals surface area contributed by atoms with Gasteiger partial charge in [0.25, 0.3) is 5.75 Å². The van der Waals surface area contributed by atoms with Gasteiger partial charge in [0.1, 0.15) is 11.3 Å². The van der Waals surface area contributed by atoms with Gasteiger partial charge in [0.05, 0.1) is 7.11 Å². The Morgan fingerprint density at radius 2 is 1.22 bits per heavy atom. The summed E-state index contributed by atoms with van der Waals surface area (Å²) >= 11 is 0. The van der Waals surface area contributed by atoms with Crippen molar-refractivity contribution in [1.82, 2.24) is 0 Å². The van der Waals surface area contributed by atoms with E-state index in [1.54, 1.807) is 12.4 Å². The van der Waals surface area contributed by atoms with Crippen LogP contribution in [0.25, 0.3) is 15.3 Å². The first-order chi connectivity index (χ1) is 20.5. The normalized spacial score (nSPS) is 17.2. The van der Waals surface area contributed by atoms with Crippen LogP contribution in [0.4, 0.5) is 26.3 Å². The van der Waals surface area contributed by atoms with E-state index in [1.165, 1.54) is 75.3 Å². The number of aromatic hydroxyl groups is 1. The molecular formula is C28H36AuF6NO6PS2+. The monoisotopic (exact) mass is 888 g/mol. The van der Waals surface area contributed by atoms with Crippen LogP contribution in [-0.2, 0) is 42.4 Å². The maximum absolute atomic E-state index is 11.4. The topological polar surface area (TPSA) is 104 Å². The van der Waals surface area contributed by atoms with Crippen LogP contribution >= 0.6 is 7.92 Å². The molecule has 1 N–H and O–H groups in total. The van der Waals surface area contributed by atoms with E-state index in [1.807, 2.05) is 7.11 Å². The van der Waals surface area contributed by atoms with Crippen molar-refractivity contribution in [2.75, 3.05) is 14.2 Å². The molecule has 2 aromatic rings. The molecule has 0 aromatic heterocycles. The molecule has 2 aliphatic carbocycles. The van der Waals surface area contributed by atoms with Crippen LogP contribution in [-0.4, -0.2) is 58.1 Å². The minimum absolute atomic E-state index is 0. The van der Waals surface area contributed by atoms with Gasteiger partial charge in [-0.1, -0.05) is 70.7 Å². The second-order valence-corrected chi connectivity index (χ2v) is 16.7. The summed E-state index contributed by atoms with van der Waals surface area (Å²) in [5.74, 6) is 1.99. The van der Waals surface area contributed by atoms with Crippen LogP contribution in [0.1, 0.15) is 64.2 Å². The zero-order valence-electron chi connectivity index (χ0n) is 24.5. The van der Waals surface area contributed by atoms with E-state index in [0.717, 1.165) is 26.9 Å². The zero-order chi connectivity index (χ0) is 32.8. The maximum Gasteiger partial charge on any atom is 1.00 e. The van der Waals surface area contributed by atoms with Crippen LogP contribution in [0.2, 0.25) is 0 Å². The third kappa shape index (κ3) is 10.1. The second-order valence-electron chi connectivity index (χ2n) is 10.5. The smallest absolute Gasteiger partial charge is 0.584 e. The fourth-order valence-corrected chi connectivity index (χ4v) is 11.3. The maximum atomic E-state index is 11.4. The number of aliphatic hydroxyl groups is 1. The molecule has 0 amide bonds. The molecule has 0 spiro atoms. The molecule has 0 atom stereocenters. The van der Waals surface area contributed by atoms with Gasteiger partial charge in [-0.2, -0.15) is 26.3 Å². The van der Waals surface area contributed by atoms with E-state index in [2.05, 4.69) is 47.2 Å². The Labute approximate surface area is 277 Å². The Morgan fingerprint density at radius 3 is 1.64 bits per heavy atom. The van der Waals surface area contributed by atoms with Gasteiger partial charge in [0, 0.05) is 11.6 Å². The van der Waals surface area contributed by atoms with Gasteiger partial charge in [-0.25, -0.2) is 16.8 Å². The molecule has 2 aromatic carbocycles. The van der Waals surface area contributed by atoms with Gasteiger partial charge >= 0.3 is 33.4 Å². The summed E-state index contributed by atoms with van der Waals surface area (Å²) in [6, 6.07) is 15.5. The van der Waals surface area contributed by atoms with E-state index in [9.17, 15) is 43.2 Å². The predicted octanol–water partition coefficient (Wildman–Crippen LogP) is 8.06. The van der Waals surface area contributed by atoms with E-state index in [0.29, 0.717) is 0 Å². The molecule has 2 fully saturated rings. The molecule has 4 rings (SSSR count). The van der Waals surface area contributed by atoms with Crippen LogP contribution in [0.5, 0.6) is 11.5 Å². The molecule has 0 aliphatic heterocycles. The van der Waals surface area contributed by atoms with Crippen molar-refractivity contribution < 1.29 is 75.0 Å². The summed E-state index contributed by atoms with van der Waals surface area (Å²) in [5, 5.41) is 1.61. The summed E-state index contributed by atoms with van der Waals surface area (Å²) < 4.78 is 120. The summed E-state index contributed by atoms with van der Waals surface area (Å²) in [7, 11) is -9.93. The molecular weight excluding hydrogens is 852 g/mol. The minimum atomic E-state index is -6.72. The Hall–Kier alpha value is -1.35. The number of methoxy groups -OCH3 is 1. The third-order valence-corrected chi connectivity index (χ3v) is 13.9. The van der Waals surface area contributed by atoms with Crippen molar-refractivity contribution in [2.24, 2.45) is 0 Å². The minimum Gasteiger partial charge on any atom is -0.584 e. The average molecular weight is 889 g/mol. The molecule has 2 saturated carbocycles. The van der Waals surface area contributed by atoms with Crippen LogP contribution < -0.4 is 10.0 Å². The number of alkyl halides is 6. The van der Waals surface area contributed by atoms with Crippen LogP contribution in [0.15, 0.2) is 42.5 Å². The molecule has 0 radical (unpaired) electrons. The number of rotatable bonds is 8. The van der Waals surface area contributed by atoms with Crippen molar-refractivity contribution in [3.8, 4) is 22.6 Å². The Morgan fingerprint density at radius 1 is 0.756 bits per heavy atom.